The summed E-state index contributed by atoms with van der Waals surface area (Å²) >= 11 is 12.5. The van der Waals surface area contributed by atoms with Gasteiger partial charge in [0.1, 0.15) is 16.1 Å². The fourth-order valence-corrected chi connectivity index (χ4v) is 2.58. The Labute approximate surface area is 123 Å². The van der Waals surface area contributed by atoms with Crippen LogP contribution in [0.25, 0.3) is 11.1 Å². The molecule has 0 aliphatic rings. The van der Waals surface area contributed by atoms with Crippen molar-refractivity contribution in [2.45, 2.75) is 27.2 Å². The Morgan fingerprint density at radius 3 is 2.26 bits per heavy atom. The third-order valence-electron chi connectivity index (χ3n) is 2.76. The summed E-state index contributed by atoms with van der Waals surface area (Å²) in [5, 5.41) is 0.836. The van der Waals surface area contributed by atoms with E-state index in [9.17, 15) is 0 Å². The number of rotatable bonds is 3. The summed E-state index contributed by atoms with van der Waals surface area (Å²) in [6.07, 6.45) is 0.771. The quantitative estimate of drug-likeness (QED) is 0.748. The van der Waals surface area contributed by atoms with Crippen molar-refractivity contribution in [3.63, 3.8) is 0 Å². The van der Waals surface area contributed by atoms with Crippen molar-refractivity contribution in [1.82, 2.24) is 9.97 Å². The van der Waals surface area contributed by atoms with Crippen LogP contribution < -0.4 is 0 Å². The molecular weight excluding hydrogens is 279 g/mol. The van der Waals surface area contributed by atoms with Gasteiger partial charge in [-0.3, -0.25) is 0 Å². The Morgan fingerprint density at radius 1 is 1.11 bits per heavy atom. The second kappa shape index (κ2) is 5.89. The molecule has 4 heteroatoms. The molecule has 0 atom stereocenters. The number of benzene rings is 1. The number of halogens is 2. The van der Waals surface area contributed by atoms with E-state index in [0.717, 1.165) is 17.5 Å². The highest BCUT2D eigenvalue weighted by Gasteiger charge is 2.14. The molecule has 0 saturated carbocycles. The first kappa shape index (κ1) is 14.3. The highest BCUT2D eigenvalue weighted by Crippen LogP contribution is 2.32. The zero-order valence-corrected chi connectivity index (χ0v) is 12.8. The van der Waals surface area contributed by atoms with Gasteiger partial charge in [-0.05, 0) is 18.4 Å². The summed E-state index contributed by atoms with van der Waals surface area (Å²) in [6.45, 7) is 6.25. The molecule has 0 N–H and O–H groups in total. The minimum atomic E-state index is 0.418. The van der Waals surface area contributed by atoms with Crippen LogP contribution in [0.5, 0.6) is 0 Å². The molecule has 0 unspecified atom stereocenters. The van der Waals surface area contributed by atoms with Crippen LogP contribution in [0.15, 0.2) is 24.3 Å². The number of aryl methyl sites for hydroxylation is 1. The lowest BCUT2D eigenvalue weighted by atomic mass is 10.1. The Bertz CT molecular complexity index is 571. The van der Waals surface area contributed by atoms with E-state index in [4.69, 9.17) is 23.2 Å². The van der Waals surface area contributed by atoms with Crippen molar-refractivity contribution >= 4 is 23.2 Å². The van der Waals surface area contributed by atoms with Crippen molar-refractivity contribution in [3.8, 4) is 11.1 Å². The van der Waals surface area contributed by atoms with Gasteiger partial charge in [0, 0.05) is 6.42 Å². The number of hydrogen-bond donors (Lipinski definition) is 0. The van der Waals surface area contributed by atoms with Gasteiger partial charge in [0.2, 0.25) is 0 Å². The van der Waals surface area contributed by atoms with Crippen molar-refractivity contribution in [3.05, 3.63) is 46.0 Å². The van der Waals surface area contributed by atoms with E-state index in [0.29, 0.717) is 27.6 Å². The second-order valence-corrected chi connectivity index (χ2v) is 5.78. The lowest BCUT2D eigenvalue weighted by Gasteiger charge is -2.10. The molecule has 0 bridgehead atoms. The van der Waals surface area contributed by atoms with E-state index in [-0.39, 0.29) is 0 Å². The van der Waals surface area contributed by atoms with Crippen LogP contribution in [-0.2, 0) is 6.42 Å². The summed E-state index contributed by atoms with van der Waals surface area (Å²) in [5.74, 6) is 1.17. The maximum Gasteiger partial charge on any atom is 0.142 e. The molecule has 1 aromatic heterocycles. The second-order valence-electron chi connectivity index (χ2n) is 5.06. The van der Waals surface area contributed by atoms with Gasteiger partial charge in [-0.15, -0.1) is 0 Å². The molecule has 2 rings (SSSR count). The fraction of sp³-hybridized carbons (Fsp3) is 0.333. The van der Waals surface area contributed by atoms with Gasteiger partial charge < -0.3 is 0 Å². The largest absolute Gasteiger partial charge is 0.220 e. The van der Waals surface area contributed by atoms with Gasteiger partial charge in [0.05, 0.1) is 5.56 Å². The first-order chi connectivity index (χ1) is 8.97. The van der Waals surface area contributed by atoms with Gasteiger partial charge in [-0.2, -0.15) is 0 Å². The van der Waals surface area contributed by atoms with E-state index >= 15 is 0 Å². The topological polar surface area (TPSA) is 25.8 Å². The van der Waals surface area contributed by atoms with Crippen molar-refractivity contribution in [2.75, 3.05) is 0 Å². The molecule has 1 heterocycles. The minimum absolute atomic E-state index is 0.418. The predicted octanol–water partition coefficient (Wildman–Crippen LogP) is 4.96. The summed E-state index contributed by atoms with van der Waals surface area (Å²) in [5.41, 5.74) is 2.81. The van der Waals surface area contributed by atoms with Gasteiger partial charge in [0.25, 0.3) is 0 Å². The molecule has 2 aromatic rings. The number of hydrogen-bond acceptors (Lipinski definition) is 2. The zero-order chi connectivity index (χ0) is 14.0. The normalized spacial score (nSPS) is 11.1. The molecule has 0 fully saturated rings. The van der Waals surface area contributed by atoms with Crippen LogP contribution in [-0.4, -0.2) is 9.97 Å². The Kier molecular flexibility index (Phi) is 4.43. The Balaban J connectivity index is 2.47. The molecule has 0 radical (unpaired) electrons. The smallest absolute Gasteiger partial charge is 0.142 e. The Morgan fingerprint density at radius 2 is 1.74 bits per heavy atom. The zero-order valence-electron chi connectivity index (χ0n) is 11.2. The predicted molar refractivity (Wildman–Crippen MR) is 80.8 cm³/mol. The van der Waals surface area contributed by atoms with Crippen LogP contribution in [0.1, 0.15) is 25.2 Å². The molecule has 1 aromatic carbocycles. The molecule has 0 amide bonds. The molecular formula is C15H16Cl2N2. The number of nitrogens with zero attached hydrogens (tertiary/aromatic N) is 2. The monoisotopic (exact) mass is 294 g/mol. The van der Waals surface area contributed by atoms with Crippen molar-refractivity contribution in [1.29, 1.82) is 0 Å². The fourth-order valence-electron chi connectivity index (χ4n) is 1.94. The molecule has 19 heavy (non-hydrogen) atoms. The van der Waals surface area contributed by atoms with Crippen molar-refractivity contribution in [2.24, 2.45) is 5.92 Å². The van der Waals surface area contributed by atoms with Crippen LogP contribution in [0, 0.1) is 12.8 Å². The minimum Gasteiger partial charge on any atom is -0.220 e. The molecule has 0 spiro atoms. The first-order valence-electron chi connectivity index (χ1n) is 6.26. The van der Waals surface area contributed by atoms with Gasteiger partial charge >= 0.3 is 0 Å². The maximum absolute atomic E-state index is 6.27. The van der Waals surface area contributed by atoms with Crippen LogP contribution in [0.4, 0.5) is 0 Å². The average molecular weight is 295 g/mol. The third kappa shape index (κ3) is 3.46. The standard InChI is InChI=1S/C15H16Cl2N2/c1-9(2)7-12-18-14(16)13(15(17)19-12)11-6-4-5-10(3)8-11/h4-6,8-9H,7H2,1-3H3. The maximum atomic E-state index is 6.27. The summed E-state index contributed by atoms with van der Waals surface area (Å²) in [6, 6.07) is 7.99. The van der Waals surface area contributed by atoms with E-state index in [2.05, 4.69) is 23.8 Å². The van der Waals surface area contributed by atoms with Crippen LogP contribution in [0.2, 0.25) is 10.3 Å². The molecule has 0 saturated heterocycles. The molecule has 2 nitrogen and oxygen atoms in total. The van der Waals surface area contributed by atoms with Crippen molar-refractivity contribution < 1.29 is 0 Å². The molecule has 100 valence electrons. The van der Waals surface area contributed by atoms with Gasteiger partial charge in [0.15, 0.2) is 0 Å². The lowest BCUT2D eigenvalue weighted by molar-refractivity contribution is 0.621. The van der Waals surface area contributed by atoms with Gasteiger partial charge in [-0.25, -0.2) is 9.97 Å². The van der Waals surface area contributed by atoms with Crippen LogP contribution in [0.3, 0.4) is 0 Å². The first-order valence-corrected chi connectivity index (χ1v) is 7.02. The van der Waals surface area contributed by atoms with Crippen LogP contribution >= 0.6 is 23.2 Å². The Hall–Kier alpha value is -1.12. The highest BCUT2D eigenvalue weighted by atomic mass is 35.5. The van der Waals surface area contributed by atoms with E-state index in [1.165, 1.54) is 0 Å². The van der Waals surface area contributed by atoms with E-state index in [1.54, 1.807) is 0 Å². The number of aromatic nitrogens is 2. The average Bonchev–Trinajstić information content (AvgIpc) is 2.26. The highest BCUT2D eigenvalue weighted by molar-refractivity contribution is 6.37. The summed E-state index contributed by atoms with van der Waals surface area (Å²) in [4.78, 5) is 8.70. The van der Waals surface area contributed by atoms with E-state index in [1.807, 2.05) is 31.2 Å². The van der Waals surface area contributed by atoms with E-state index < -0.39 is 0 Å². The van der Waals surface area contributed by atoms with Gasteiger partial charge in [-0.1, -0.05) is 66.9 Å². The SMILES string of the molecule is Cc1cccc(-c2c(Cl)nc(CC(C)C)nc2Cl)c1. The third-order valence-corrected chi connectivity index (χ3v) is 3.31. The summed E-state index contributed by atoms with van der Waals surface area (Å²) < 4.78 is 0. The molecule has 0 aliphatic heterocycles. The molecule has 0 aliphatic carbocycles. The summed E-state index contributed by atoms with van der Waals surface area (Å²) in [7, 11) is 0. The lowest BCUT2D eigenvalue weighted by Crippen LogP contribution is -2.02.